The number of hydrogen-bond donors (Lipinski definition) is 0. The Morgan fingerprint density at radius 3 is 0.339 bits per heavy atom. The Labute approximate surface area is 384 Å². The number of rotatable bonds is 9. The first-order valence-electron chi connectivity index (χ1n) is 19.7. The summed E-state index contributed by atoms with van der Waals surface area (Å²) in [5.41, 5.74) is 0. The fourth-order valence-corrected chi connectivity index (χ4v) is 13.5. The van der Waals surface area contributed by atoms with Crippen LogP contribution in [0.2, 0.25) is 0 Å². The maximum atomic E-state index is 7.75. The predicted octanol–water partition coefficient (Wildman–Crippen LogP) is 9.78. The third-order valence-electron chi connectivity index (χ3n) is 9.13. The Hall–Kier alpha value is -5.77. The number of hydrogen-bond acceptors (Lipinski definition) is 2. The van der Waals surface area contributed by atoms with E-state index < -0.39 is 23.8 Å². The summed E-state index contributed by atoms with van der Waals surface area (Å²) in [6.45, 7) is 6.50. The molecule has 9 aromatic carbocycles. The van der Waals surface area contributed by atoms with Crippen LogP contribution in [0.3, 0.4) is 0 Å². The van der Waals surface area contributed by atoms with Gasteiger partial charge in [0.1, 0.15) is 0 Å². The molecule has 0 spiro atoms. The summed E-state index contributed by atoms with van der Waals surface area (Å²) in [7, 11) is -1.34. The maximum absolute atomic E-state index is 7.75. The van der Waals surface area contributed by atoms with Crippen LogP contribution in [-0.2, 0) is 29.1 Å². The molecule has 9 aromatic rings. The topological polar surface area (TPSA) is 34.1 Å². The molecule has 0 aliphatic carbocycles. The molecule has 9 rings (SSSR count). The Morgan fingerprint density at radius 1 is 0.177 bits per heavy atom. The number of benzene rings is 9. The van der Waals surface area contributed by atoms with Crippen molar-refractivity contribution >= 4 is 85.1 Å². The van der Waals surface area contributed by atoms with Gasteiger partial charge in [0.25, 0.3) is 0 Å². The minimum absolute atomic E-state index is 0. The van der Waals surface area contributed by atoms with E-state index in [9.17, 15) is 0 Å². The van der Waals surface area contributed by atoms with Crippen molar-refractivity contribution in [1.29, 1.82) is 0 Å². The smallest absolute Gasteiger partial charge is 0.545 e. The molecule has 0 heterocycles. The van der Waals surface area contributed by atoms with Gasteiger partial charge in [0.2, 0.25) is 0 Å². The molecule has 0 unspecified atom stereocenters. The summed E-state index contributed by atoms with van der Waals surface area (Å²) >= 11 is 0. The van der Waals surface area contributed by atoms with Crippen LogP contribution in [0.25, 0.3) is 0 Å². The van der Waals surface area contributed by atoms with E-state index in [2.05, 4.69) is 287 Å². The molecule has 0 bridgehead atoms. The quantitative estimate of drug-likeness (QED) is 0.0626. The summed E-state index contributed by atoms with van der Waals surface area (Å²) in [4.78, 5) is 15.5. The van der Waals surface area contributed by atoms with Gasteiger partial charge < -0.3 is 9.59 Å². The van der Waals surface area contributed by atoms with Gasteiger partial charge in [0, 0.05) is 0 Å². The third kappa shape index (κ3) is 14.7. The van der Waals surface area contributed by atoms with Crippen LogP contribution < -0.4 is 47.7 Å². The van der Waals surface area contributed by atoms with Crippen molar-refractivity contribution in [1.82, 2.24) is 0 Å². The summed E-state index contributed by atoms with van der Waals surface area (Å²) < 4.78 is 0. The van der Waals surface area contributed by atoms with Gasteiger partial charge in [-0.25, -0.2) is 0 Å². The van der Waals surface area contributed by atoms with Crippen LogP contribution in [0.1, 0.15) is 0 Å². The average Bonchev–Trinajstić information content (AvgIpc) is 3.37. The largest absolute Gasteiger partial charge is 2.00 e. The summed E-state index contributed by atoms with van der Waals surface area (Å²) in [5, 5.41) is 12.6. The standard InChI is InChI=1S/3C18H15P.2CHO.Ru/c3*1-4-10-16(11-5-1)19(17-12-6-2-7-13-17)18-14-8-3-9-15-18;2*1-2;/h3*1-15H;2*1H;/q;;;2*-1;+2. The first kappa shape index (κ1) is 48.9. The Morgan fingerprint density at radius 2 is 0.258 bits per heavy atom. The maximum Gasteiger partial charge on any atom is 2.00 e. The zero-order chi connectivity index (χ0) is 42.7. The van der Waals surface area contributed by atoms with Crippen molar-refractivity contribution < 1.29 is 29.1 Å². The normalized spacial score (nSPS) is 9.85. The third-order valence-corrected chi connectivity index (χ3v) is 16.5. The van der Waals surface area contributed by atoms with Gasteiger partial charge in [0.05, 0.1) is 0 Å². The molecule has 0 N–H and O–H groups in total. The SMILES string of the molecule is [CH-]=O.[CH-]=O.[Ru+2].c1ccc(P(c2ccccc2)c2ccccc2)cc1.c1ccc(P(c2ccccc2)c2ccccc2)cc1.c1ccc(P(c2ccccc2)c2ccccc2)cc1. The molecule has 0 saturated heterocycles. The van der Waals surface area contributed by atoms with Crippen LogP contribution in [0.4, 0.5) is 0 Å². The van der Waals surface area contributed by atoms with E-state index in [1.807, 2.05) is 0 Å². The molecule has 306 valence electrons. The Bertz CT molecular complexity index is 1910. The summed E-state index contributed by atoms with van der Waals surface area (Å²) in [5.74, 6) is 0. The molecular weight excluding hydrogens is 899 g/mol. The first-order chi connectivity index (χ1) is 30.3. The fourth-order valence-electron chi connectivity index (χ4n) is 6.54. The first-order valence-corrected chi connectivity index (χ1v) is 23.7. The molecule has 0 radical (unpaired) electrons. The molecule has 0 saturated carbocycles. The molecular formula is C56H47O2P3Ru. The van der Waals surface area contributed by atoms with E-state index in [-0.39, 0.29) is 19.5 Å². The molecule has 2 nitrogen and oxygen atoms in total. The summed E-state index contributed by atoms with van der Waals surface area (Å²) in [6.07, 6.45) is 0. The van der Waals surface area contributed by atoms with Crippen LogP contribution in [0, 0.1) is 0 Å². The van der Waals surface area contributed by atoms with Gasteiger partial charge in [0.15, 0.2) is 0 Å². The monoisotopic (exact) mass is 946 g/mol. The zero-order valence-electron chi connectivity index (χ0n) is 34.1. The molecule has 0 fully saturated rings. The molecule has 6 heteroatoms. The van der Waals surface area contributed by atoms with E-state index >= 15 is 0 Å². The van der Waals surface area contributed by atoms with Gasteiger partial charge in [-0.05, 0) is 71.5 Å². The molecule has 0 aliphatic heterocycles. The van der Waals surface area contributed by atoms with Crippen LogP contribution in [-0.4, -0.2) is 13.6 Å². The minimum atomic E-state index is -0.446. The van der Waals surface area contributed by atoms with E-state index in [4.69, 9.17) is 9.59 Å². The van der Waals surface area contributed by atoms with Gasteiger partial charge in [-0.1, -0.05) is 273 Å². The molecule has 62 heavy (non-hydrogen) atoms. The minimum Gasteiger partial charge on any atom is -0.545 e. The zero-order valence-corrected chi connectivity index (χ0v) is 38.6. The van der Waals surface area contributed by atoms with E-state index in [0.29, 0.717) is 0 Å². The summed E-state index contributed by atoms with van der Waals surface area (Å²) in [6, 6.07) is 97.0. The van der Waals surface area contributed by atoms with Crippen molar-refractivity contribution in [3.05, 3.63) is 273 Å². The van der Waals surface area contributed by atoms with Gasteiger partial charge in [-0.2, -0.15) is 0 Å². The molecule has 0 aromatic heterocycles. The predicted molar refractivity (Wildman–Crippen MR) is 269 cm³/mol. The van der Waals surface area contributed by atoms with Crippen LogP contribution in [0.15, 0.2) is 273 Å². The van der Waals surface area contributed by atoms with E-state index in [1.165, 1.54) is 47.7 Å². The van der Waals surface area contributed by atoms with Crippen molar-refractivity contribution in [2.45, 2.75) is 0 Å². The second-order valence-corrected chi connectivity index (χ2v) is 19.7. The Kier molecular flexibility index (Phi) is 22.6. The van der Waals surface area contributed by atoms with Crippen LogP contribution >= 0.6 is 23.8 Å². The van der Waals surface area contributed by atoms with Crippen LogP contribution in [0.5, 0.6) is 0 Å². The average molecular weight is 946 g/mol. The van der Waals surface area contributed by atoms with E-state index in [1.54, 1.807) is 0 Å². The fraction of sp³-hybridized carbons (Fsp3) is 0. The van der Waals surface area contributed by atoms with Crippen molar-refractivity contribution in [2.24, 2.45) is 0 Å². The van der Waals surface area contributed by atoms with Gasteiger partial charge >= 0.3 is 19.5 Å². The molecule has 0 amide bonds. The van der Waals surface area contributed by atoms with Crippen molar-refractivity contribution in [2.75, 3.05) is 0 Å². The molecule has 0 aliphatic rings. The molecule has 0 atom stereocenters. The van der Waals surface area contributed by atoms with Gasteiger partial charge in [-0.15, -0.1) is 0 Å². The van der Waals surface area contributed by atoms with E-state index in [0.717, 1.165) is 0 Å². The second-order valence-electron chi connectivity index (χ2n) is 13.0. The number of carbonyl (C=O) groups excluding carboxylic acids is 2. The van der Waals surface area contributed by atoms with Crippen molar-refractivity contribution in [3.8, 4) is 0 Å². The van der Waals surface area contributed by atoms with Crippen molar-refractivity contribution in [3.63, 3.8) is 0 Å². The second kappa shape index (κ2) is 28.7. The Balaban J connectivity index is 0.000000195. The van der Waals surface area contributed by atoms with Gasteiger partial charge in [-0.3, -0.25) is 13.6 Å².